The highest BCUT2D eigenvalue weighted by atomic mass is 32.2. The lowest BCUT2D eigenvalue weighted by atomic mass is 10.2. The first-order valence-corrected chi connectivity index (χ1v) is 6.50. The highest BCUT2D eigenvalue weighted by Gasteiger charge is 2.15. The van der Waals surface area contributed by atoms with Gasteiger partial charge in [0.1, 0.15) is 5.69 Å². The van der Waals surface area contributed by atoms with Crippen molar-refractivity contribution in [3.63, 3.8) is 0 Å². The summed E-state index contributed by atoms with van der Waals surface area (Å²) in [6, 6.07) is 12.7. The second-order valence-corrected chi connectivity index (χ2v) is 4.74. The molecule has 19 heavy (non-hydrogen) atoms. The summed E-state index contributed by atoms with van der Waals surface area (Å²) < 4.78 is 21.7. The van der Waals surface area contributed by atoms with Crippen LogP contribution < -0.4 is 5.32 Å². The van der Waals surface area contributed by atoms with Crippen molar-refractivity contribution in [1.29, 1.82) is 0 Å². The van der Waals surface area contributed by atoms with Gasteiger partial charge >= 0.3 is 0 Å². The molecule has 0 unspecified atom stereocenters. The maximum atomic E-state index is 11.0. The largest absolute Gasteiger partial charge is 0.350 e. The Kier molecular flexibility index (Phi) is 3.76. The van der Waals surface area contributed by atoms with Crippen molar-refractivity contribution in [1.82, 2.24) is 0 Å². The molecule has 0 fully saturated rings. The monoisotopic (exact) mass is 278 g/mol. The molecule has 7 heteroatoms. The van der Waals surface area contributed by atoms with Gasteiger partial charge in [0.05, 0.1) is 9.82 Å². The van der Waals surface area contributed by atoms with Gasteiger partial charge in [-0.2, -0.15) is 0 Å². The van der Waals surface area contributed by atoms with Crippen molar-refractivity contribution >= 4 is 27.8 Å². The molecule has 0 bridgehead atoms. The zero-order valence-corrected chi connectivity index (χ0v) is 10.5. The molecule has 98 valence electrons. The summed E-state index contributed by atoms with van der Waals surface area (Å²) in [5.41, 5.74) is 0.655. The third kappa shape index (κ3) is 3.08. The van der Waals surface area contributed by atoms with E-state index in [2.05, 4.69) is 5.32 Å². The maximum absolute atomic E-state index is 11.0. The Hall–Kier alpha value is -2.41. The number of nitrogens with one attached hydrogen (secondary N) is 1. The number of para-hydroxylation sites is 1. The summed E-state index contributed by atoms with van der Waals surface area (Å²) in [5.74, 6) is 0. The van der Waals surface area contributed by atoms with Crippen LogP contribution in [0.3, 0.4) is 0 Å². The summed E-state index contributed by atoms with van der Waals surface area (Å²) >= 11 is 0. The van der Waals surface area contributed by atoms with Gasteiger partial charge < -0.3 is 5.32 Å². The fourth-order valence-corrected chi connectivity index (χ4v) is 1.99. The van der Waals surface area contributed by atoms with E-state index in [1.165, 1.54) is 12.1 Å². The quantitative estimate of drug-likeness (QED) is 0.509. The van der Waals surface area contributed by atoms with Gasteiger partial charge in [0.25, 0.3) is 5.69 Å². The van der Waals surface area contributed by atoms with Crippen LogP contribution in [0.4, 0.5) is 17.1 Å². The van der Waals surface area contributed by atoms with Crippen LogP contribution in [0.5, 0.6) is 0 Å². The number of benzene rings is 2. The van der Waals surface area contributed by atoms with Gasteiger partial charge in [0.2, 0.25) is 0 Å². The summed E-state index contributed by atoms with van der Waals surface area (Å²) in [6.45, 7) is 0. The van der Waals surface area contributed by atoms with E-state index in [-0.39, 0.29) is 16.3 Å². The van der Waals surface area contributed by atoms with Crippen LogP contribution in [-0.4, -0.2) is 13.3 Å². The fraction of sp³-hybridized carbons (Fsp3) is 0. The van der Waals surface area contributed by atoms with Crippen LogP contribution in [0.1, 0.15) is 0 Å². The molecule has 0 aromatic heterocycles. The zero-order valence-electron chi connectivity index (χ0n) is 9.65. The molecule has 0 aliphatic carbocycles. The molecule has 0 radical (unpaired) electrons. The third-order valence-electron chi connectivity index (χ3n) is 2.44. The van der Waals surface area contributed by atoms with Gasteiger partial charge in [-0.05, 0) is 24.3 Å². The average molecular weight is 278 g/mol. The molecule has 2 aromatic carbocycles. The first kappa shape index (κ1) is 13.0. The summed E-state index contributed by atoms with van der Waals surface area (Å²) in [7, 11) is -2.84. The number of rotatable bonds is 4. The highest BCUT2D eigenvalue weighted by molar-refractivity contribution is 7.72. The third-order valence-corrected chi connectivity index (χ3v) is 3.14. The van der Waals surface area contributed by atoms with Crippen molar-refractivity contribution in [3.8, 4) is 0 Å². The van der Waals surface area contributed by atoms with Gasteiger partial charge in [-0.1, -0.05) is 18.2 Å². The van der Waals surface area contributed by atoms with Gasteiger partial charge in [-0.25, -0.2) is 8.42 Å². The fourth-order valence-electron chi connectivity index (χ4n) is 1.57. The Bertz CT molecular complexity index is 675. The first-order chi connectivity index (χ1) is 9.08. The molecular formula is C12H10N2O4S. The van der Waals surface area contributed by atoms with E-state index in [4.69, 9.17) is 0 Å². The molecule has 2 rings (SSSR count). The zero-order chi connectivity index (χ0) is 13.8. The molecule has 0 amide bonds. The minimum atomic E-state index is -2.84. The van der Waals surface area contributed by atoms with Crippen LogP contribution in [0.15, 0.2) is 53.4 Å². The molecule has 0 saturated heterocycles. The molecule has 0 saturated carbocycles. The number of hydrogen-bond donors (Lipinski definition) is 2. The number of nitro groups is 1. The molecular weight excluding hydrogens is 268 g/mol. The lowest BCUT2D eigenvalue weighted by Gasteiger charge is -2.07. The van der Waals surface area contributed by atoms with E-state index in [1.807, 2.05) is 6.07 Å². The summed E-state index contributed by atoms with van der Waals surface area (Å²) in [5, 5.41) is 13.8. The van der Waals surface area contributed by atoms with E-state index in [9.17, 15) is 18.5 Å². The van der Waals surface area contributed by atoms with Crippen LogP contribution in [-0.2, 0) is 10.7 Å². The predicted molar refractivity (Wildman–Crippen MR) is 71.4 cm³/mol. The van der Waals surface area contributed by atoms with Crippen molar-refractivity contribution in [2.45, 2.75) is 4.90 Å². The Morgan fingerprint density at radius 1 is 1.05 bits per heavy atom. The second kappa shape index (κ2) is 5.49. The Balaban J connectivity index is 2.43. The van der Waals surface area contributed by atoms with E-state index < -0.39 is 15.6 Å². The van der Waals surface area contributed by atoms with Gasteiger partial charge in [-0.15, -0.1) is 0 Å². The molecule has 2 aromatic rings. The average Bonchev–Trinajstić information content (AvgIpc) is 2.39. The lowest BCUT2D eigenvalue weighted by molar-refractivity contribution is -0.384. The minimum Gasteiger partial charge on any atom is -0.350 e. The molecule has 6 nitrogen and oxygen atoms in total. The SMILES string of the molecule is O=[N+]([O-])c1cc([SH](=O)=O)ccc1Nc1ccccc1. The van der Waals surface area contributed by atoms with E-state index in [0.717, 1.165) is 6.07 Å². The number of nitrogens with zero attached hydrogens (tertiary/aromatic N) is 1. The van der Waals surface area contributed by atoms with E-state index >= 15 is 0 Å². The van der Waals surface area contributed by atoms with Gasteiger partial charge in [-0.3, -0.25) is 10.1 Å². The normalized spacial score (nSPS) is 10.4. The standard InChI is InChI=1S/C12H10N2O4S/c15-14(16)12-8-10(19(17)18)6-7-11(12)13-9-4-2-1-3-5-9/h1-8,13,19H. The Labute approximate surface area is 110 Å². The second-order valence-electron chi connectivity index (χ2n) is 3.71. The molecule has 0 atom stereocenters. The smallest absolute Gasteiger partial charge is 0.293 e. The summed E-state index contributed by atoms with van der Waals surface area (Å²) in [6.07, 6.45) is 0. The topological polar surface area (TPSA) is 89.3 Å². The van der Waals surface area contributed by atoms with E-state index in [0.29, 0.717) is 5.69 Å². The van der Waals surface area contributed by atoms with Crippen LogP contribution >= 0.6 is 0 Å². The molecule has 0 heterocycles. The molecule has 0 spiro atoms. The minimum absolute atomic E-state index is 0.0830. The van der Waals surface area contributed by atoms with Crippen molar-refractivity contribution in [3.05, 3.63) is 58.6 Å². The number of nitro benzene ring substituents is 1. The van der Waals surface area contributed by atoms with Crippen LogP contribution in [0, 0.1) is 10.1 Å². The molecule has 0 aliphatic heterocycles. The molecule has 1 N–H and O–H groups in total. The predicted octanol–water partition coefficient (Wildman–Crippen LogP) is 2.31. The lowest BCUT2D eigenvalue weighted by Crippen LogP contribution is -1.98. The van der Waals surface area contributed by atoms with Crippen molar-refractivity contribution in [2.24, 2.45) is 0 Å². The summed E-state index contributed by atoms with van der Waals surface area (Å²) in [4.78, 5) is 10.3. The number of anilines is 2. The van der Waals surface area contributed by atoms with Crippen molar-refractivity contribution in [2.75, 3.05) is 5.32 Å². The number of thiol groups is 1. The van der Waals surface area contributed by atoms with Crippen LogP contribution in [0.25, 0.3) is 0 Å². The highest BCUT2D eigenvalue weighted by Crippen LogP contribution is 2.28. The number of hydrogen-bond acceptors (Lipinski definition) is 5. The van der Waals surface area contributed by atoms with Gasteiger partial charge in [0.15, 0.2) is 10.7 Å². The first-order valence-electron chi connectivity index (χ1n) is 5.33. The van der Waals surface area contributed by atoms with Gasteiger partial charge in [0, 0.05) is 11.8 Å². The molecule has 0 aliphatic rings. The Morgan fingerprint density at radius 2 is 1.74 bits per heavy atom. The van der Waals surface area contributed by atoms with Crippen molar-refractivity contribution < 1.29 is 13.3 Å². The maximum Gasteiger partial charge on any atom is 0.293 e. The Morgan fingerprint density at radius 3 is 2.32 bits per heavy atom. The van der Waals surface area contributed by atoms with E-state index in [1.54, 1.807) is 24.3 Å². The van der Waals surface area contributed by atoms with Crippen LogP contribution in [0.2, 0.25) is 0 Å².